The summed E-state index contributed by atoms with van der Waals surface area (Å²) < 4.78 is 0. The van der Waals surface area contributed by atoms with Crippen LogP contribution in [0.4, 0.5) is 0 Å². The Morgan fingerprint density at radius 1 is 0.818 bits per heavy atom. The molecule has 1 heterocycles. The van der Waals surface area contributed by atoms with Crippen molar-refractivity contribution in [3.63, 3.8) is 0 Å². The monoisotopic (exact) mass is 445 g/mol. The van der Waals surface area contributed by atoms with Gasteiger partial charge >= 0.3 is 0 Å². The summed E-state index contributed by atoms with van der Waals surface area (Å²) in [6.07, 6.45) is 7.92. The van der Waals surface area contributed by atoms with E-state index >= 15 is 0 Å². The highest BCUT2D eigenvalue weighted by atomic mass is 16.2. The second-order valence-electron chi connectivity index (χ2n) is 9.84. The number of piperazine rings is 1. The molecule has 1 N–H and O–H groups in total. The van der Waals surface area contributed by atoms with E-state index < -0.39 is 0 Å². The minimum Gasteiger partial charge on any atom is -0.348 e. The molecule has 33 heavy (non-hydrogen) atoms. The van der Waals surface area contributed by atoms with E-state index in [9.17, 15) is 9.59 Å². The molecular formula is C28H35N3O2. The van der Waals surface area contributed by atoms with Crippen molar-refractivity contribution >= 4 is 11.8 Å². The quantitative estimate of drug-likeness (QED) is 0.751. The van der Waals surface area contributed by atoms with Gasteiger partial charge in [0.25, 0.3) is 5.91 Å². The summed E-state index contributed by atoms with van der Waals surface area (Å²) in [7, 11) is 0. The van der Waals surface area contributed by atoms with Gasteiger partial charge in [0, 0.05) is 31.7 Å². The highest BCUT2D eigenvalue weighted by molar-refractivity contribution is 5.94. The minimum atomic E-state index is -0.0874. The van der Waals surface area contributed by atoms with Crippen molar-refractivity contribution in [3.05, 3.63) is 71.3 Å². The molecule has 5 nitrogen and oxygen atoms in total. The Balaban J connectivity index is 1.27. The lowest BCUT2D eigenvalue weighted by Crippen LogP contribution is -2.58. The number of benzene rings is 2. The normalized spacial score (nSPS) is 22.5. The molecule has 2 unspecified atom stereocenters. The van der Waals surface area contributed by atoms with Gasteiger partial charge in [-0.2, -0.15) is 0 Å². The number of nitrogens with one attached hydrogen (secondary N) is 1. The maximum atomic E-state index is 13.7. The summed E-state index contributed by atoms with van der Waals surface area (Å²) in [5.41, 5.74) is 3.41. The van der Waals surface area contributed by atoms with Crippen LogP contribution in [0.1, 0.15) is 66.1 Å². The topological polar surface area (TPSA) is 52.7 Å². The predicted octanol–water partition coefficient (Wildman–Crippen LogP) is 4.20. The fourth-order valence-corrected chi connectivity index (χ4v) is 6.08. The zero-order valence-corrected chi connectivity index (χ0v) is 19.4. The Morgan fingerprint density at radius 3 is 2.27 bits per heavy atom. The van der Waals surface area contributed by atoms with Crippen molar-refractivity contribution in [3.8, 4) is 0 Å². The number of hydrogen-bond donors (Lipinski definition) is 1. The van der Waals surface area contributed by atoms with Gasteiger partial charge in [-0.05, 0) is 61.3 Å². The highest BCUT2D eigenvalue weighted by Crippen LogP contribution is 2.33. The molecule has 2 aliphatic carbocycles. The predicted molar refractivity (Wildman–Crippen MR) is 130 cm³/mol. The SMILES string of the molecule is O=C(NC1CCCc2ccccc21)C(C1CCCC1)N1CCN(C(=O)c2ccccc2)CC1. The van der Waals surface area contributed by atoms with Crippen LogP contribution >= 0.6 is 0 Å². The number of nitrogens with zero attached hydrogens (tertiary/aromatic N) is 2. The van der Waals surface area contributed by atoms with E-state index in [1.165, 1.54) is 24.0 Å². The first-order chi connectivity index (χ1) is 16.2. The molecule has 0 radical (unpaired) electrons. The van der Waals surface area contributed by atoms with E-state index in [1.807, 2.05) is 35.2 Å². The second-order valence-corrected chi connectivity index (χ2v) is 9.84. The van der Waals surface area contributed by atoms with Crippen LogP contribution in [-0.4, -0.2) is 53.8 Å². The molecule has 2 amide bonds. The molecule has 1 saturated carbocycles. The van der Waals surface area contributed by atoms with Gasteiger partial charge in [-0.15, -0.1) is 0 Å². The van der Waals surface area contributed by atoms with E-state index in [4.69, 9.17) is 0 Å². The Morgan fingerprint density at radius 2 is 1.52 bits per heavy atom. The number of aryl methyl sites for hydroxylation is 1. The molecule has 0 spiro atoms. The average molecular weight is 446 g/mol. The van der Waals surface area contributed by atoms with Crippen LogP contribution in [0.25, 0.3) is 0 Å². The molecule has 2 fully saturated rings. The van der Waals surface area contributed by atoms with E-state index in [1.54, 1.807) is 0 Å². The van der Waals surface area contributed by atoms with Crippen molar-refractivity contribution in [1.82, 2.24) is 15.1 Å². The van der Waals surface area contributed by atoms with E-state index in [0.29, 0.717) is 19.0 Å². The third kappa shape index (κ3) is 4.84. The molecule has 5 rings (SSSR count). The molecule has 2 aromatic carbocycles. The number of hydrogen-bond acceptors (Lipinski definition) is 3. The molecule has 3 aliphatic rings. The van der Waals surface area contributed by atoms with Gasteiger partial charge in [0.05, 0.1) is 12.1 Å². The van der Waals surface area contributed by atoms with Crippen LogP contribution in [0.5, 0.6) is 0 Å². The number of amides is 2. The van der Waals surface area contributed by atoms with Gasteiger partial charge in [0.1, 0.15) is 0 Å². The summed E-state index contributed by atoms with van der Waals surface area (Å²) in [5.74, 6) is 0.697. The van der Waals surface area contributed by atoms with Gasteiger partial charge < -0.3 is 10.2 Å². The maximum absolute atomic E-state index is 13.7. The fraction of sp³-hybridized carbons (Fsp3) is 0.500. The zero-order valence-electron chi connectivity index (χ0n) is 19.4. The molecule has 174 valence electrons. The van der Waals surface area contributed by atoms with Crippen LogP contribution in [0.15, 0.2) is 54.6 Å². The van der Waals surface area contributed by atoms with Crippen LogP contribution in [-0.2, 0) is 11.2 Å². The van der Waals surface area contributed by atoms with Gasteiger partial charge in [-0.1, -0.05) is 55.3 Å². The average Bonchev–Trinajstić information content (AvgIpc) is 3.39. The molecule has 0 bridgehead atoms. The van der Waals surface area contributed by atoms with Crippen LogP contribution in [0.2, 0.25) is 0 Å². The lowest BCUT2D eigenvalue weighted by Gasteiger charge is -2.41. The van der Waals surface area contributed by atoms with Gasteiger partial charge in [0.15, 0.2) is 0 Å². The molecule has 1 aliphatic heterocycles. The molecule has 2 aromatic rings. The summed E-state index contributed by atoms with van der Waals surface area (Å²) in [6, 6.07) is 18.1. The Labute approximate surface area is 197 Å². The van der Waals surface area contributed by atoms with Crippen molar-refractivity contribution in [2.45, 2.75) is 57.0 Å². The number of carbonyl (C=O) groups is 2. The largest absolute Gasteiger partial charge is 0.348 e. The van der Waals surface area contributed by atoms with Gasteiger partial charge in [0.2, 0.25) is 5.91 Å². The van der Waals surface area contributed by atoms with Crippen LogP contribution < -0.4 is 5.32 Å². The van der Waals surface area contributed by atoms with E-state index in [-0.39, 0.29) is 23.9 Å². The zero-order chi connectivity index (χ0) is 22.6. The Hall–Kier alpha value is -2.66. The van der Waals surface area contributed by atoms with Crippen LogP contribution in [0, 0.1) is 5.92 Å². The minimum absolute atomic E-state index is 0.0874. The Kier molecular flexibility index (Phi) is 6.77. The fourth-order valence-electron chi connectivity index (χ4n) is 6.08. The third-order valence-corrected chi connectivity index (χ3v) is 7.82. The van der Waals surface area contributed by atoms with Crippen LogP contribution in [0.3, 0.4) is 0 Å². The lowest BCUT2D eigenvalue weighted by molar-refractivity contribution is -0.130. The lowest BCUT2D eigenvalue weighted by atomic mass is 9.87. The van der Waals surface area contributed by atoms with Crippen molar-refractivity contribution < 1.29 is 9.59 Å². The van der Waals surface area contributed by atoms with Crippen molar-refractivity contribution in [1.29, 1.82) is 0 Å². The first-order valence-electron chi connectivity index (χ1n) is 12.7. The third-order valence-electron chi connectivity index (χ3n) is 7.82. The maximum Gasteiger partial charge on any atom is 0.253 e. The number of carbonyl (C=O) groups excluding carboxylic acids is 2. The molecular weight excluding hydrogens is 410 g/mol. The molecule has 1 saturated heterocycles. The summed E-state index contributed by atoms with van der Waals surface area (Å²) >= 11 is 0. The van der Waals surface area contributed by atoms with Gasteiger partial charge in [-0.3, -0.25) is 14.5 Å². The first kappa shape index (κ1) is 22.1. The summed E-state index contributed by atoms with van der Waals surface area (Å²) in [5, 5.41) is 3.45. The van der Waals surface area contributed by atoms with E-state index in [0.717, 1.165) is 50.8 Å². The smallest absolute Gasteiger partial charge is 0.253 e. The van der Waals surface area contributed by atoms with Gasteiger partial charge in [-0.25, -0.2) is 0 Å². The highest BCUT2D eigenvalue weighted by Gasteiger charge is 2.38. The number of fused-ring (bicyclic) bond motifs is 1. The Bertz CT molecular complexity index is 962. The van der Waals surface area contributed by atoms with Crippen molar-refractivity contribution in [2.75, 3.05) is 26.2 Å². The summed E-state index contributed by atoms with van der Waals surface area (Å²) in [6.45, 7) is 2.87. The molecule has 0 aromatic heterocycles. The molecule has 5 heteroatoms. The van der Waals surface area contributed by atoms with Crippen molar-refractivity contribution in [2.24, 2.45) is 5.92 Å². The number of rotatable bonds is 5. The first-order valence-corrected chi connectivity index (χ1v) is 12.7. The standard InChI is InChI=1S/C28H35N3O2/c32-27(29-25-16-8-14-21-9-6-7-15-24(21)25)26(22-10-4-5-11-22)30-17-19-31(20-18-30)28(33)23-12-2-1-3-13-23/h1-3,6-7,9,12-13,15,22,25-26H,4-5,8,10-11,14,16-20H2,(H,29,32). The van der Waals surface area contributed by atoms with E-state index in [2.05, 4.69) is 34.5 Å². The molecule has 2 atom stereocenters. The second kappa shape index (κ2) is 10.1. The summed E-state index contributed by atoms with van der Waals surface area (Å²) in [4.78, 5) is 30.9.